The normalized spacial score (nSPS) is 13.5. The fourth-order valence-corrected chi connectivity index (χ4v) is 3.28. The van der Waals surface area contributed by atoms with Crippen LogP contribution in [0.2, 0.25) is 0 Å². The largest absolute Gasteiger partial charge is 0.493 e. The Bertz CT molecular complexity index is 997. The van der Waals surface area contributed by atoms with Crippen molar-refractivity contribution in [1.29, 1.82) is 0 Å². The summed E-state index contributed by atoms with van der Waals surface area (Å²) in [6.07, 6.45) is 5.14. The van der Waals surface area contributed by atoms with Crippen molar-refractivity contribution in [2.75, 3.05) is 31.8 Å². The Morgan fingerprint density at radius 2 is 1.94 bits per heavy atom. The van der Waals surface area contributed by atoms with Gasteiger partial charge in [0, 0.05) is 24.2 Å². The summed E-state index contributed by atoms with van der Waals surface area (Å²) in [5.41, 5.74) is 2.00. The fraction of sp³-hybridized carbons (Fsp3) is 0.292. The van der Waals surface area contributed by atoms with Gasteiger partial charge in [-0.05, 0) is 43.2 Å². The molecule has 1 aliphatic heterocycles. The van der Waals surface area contributed by atoms with Crippen molar-refractivity contribution >= 4 is 29.4 Å². The van der Waals surface area contributed by atoms with Crippen LogP contribution < -0.4 is 14.4 Å². The summed E-state index contributed by atoms with van der Waals surface area (Å²) < 4.78 is 15.8. The summed E-state index contributed by atoms with van der Waals surface area (Å²) in [5, 5.41) is 0. The van der Waals surface area contributed by atoms with Gasteiger partial charge in [0.1, 0.15) is 0 Å². The quantitative estimate of drug-likeness (QED) is 0.452. The van der Waals surface area contributed by atoms with E-state index in [9.17, 15) is 14.4 Å². The lowest BCUT2D eigenvalue weighted by Crippen LogP contribution is -2.24. The van der Waals surface area contributed by atoms with Gasteiger partial charge in [-0.15, -0.1) is 0 Å². The highest BCUT2D eigenvalue weighted by atomic mass is 16.6. The molecule has 0 radical (unpaired) electrons. The van der Waals surface area contributed by atoms with E-state index in [0.717, 1.165) is 12.0 Å². The maximum Gasteiger partial charge on any atom is 0.344 e. The maximum atomic E-state index is 12.4. The third-order valence-electron chi connectivity index (χ3n) is 4.81. The minimum absolute atomic E-state index is 0.0438. The molecule has 7 heteroatoms. The molecule has 1 aliphatic rings. The number of ether oxygens (including phenoxy) is 3. The molecule has 0 bridgehead atoms. The lowest BCUT2D eigenvalue weighted by atomic mass is 10.1. The maximum absolute atomic E-state index is 12.4. The van der Waals surface area contributed by atoms with Crippen LogP contribution in [0, 0.1) is 0 Å². The number of anilines is 1. The van der Waals surface area contributed by atoms with E-state index in [-0.39, 0.29) is 18.3 Å². The van der Waals surface area contributed by atoms with Crippen LogP contribution >= 0.6 is 0 Å². The van der Waals surface area contributed by atoms with Crippen LogP contribution in [0.3, 0.4) is 0 Å². The Hall–Kier alpha value is -3.61. The van der Waals surface area contributed by atoms with Crippen molar-refractivity contribution in [2.45, 2.75) is 19.8 Å². The van der Waals surface area contributed by atoms with Crippen molar-refractivity contribution in [3.63, 3.8) is 0 Å². The number of nitrogens with zero attached hydrogens (tertiary/aromatic N) is 1. The van der Waals surface area contributed by atoms with Crippen molar-refractivity contribution in [1.82, 2.24) is 0 Å². The Morgan fingerprint density at radius 1 is 1.10 bits per heavy atom. The number of hydrogen-bond donors (Lipinski definition) is 0. The first-order chi connectivity index (χ1) is 15.0. The standard InChI is InChI=1S/C24H25NO6/c1-3-6-17-10-11-21(22(13-17)29-2)30-16-24(28)31-15-20(26)18-7-4-8-19(14-18)25-12-5-9-23(25)27/h3-4,6-8,10-11,13-14H,5,9,12,15-16H2,1-2H3/b6-3+. The number of amides is 1. The average molecular weight is 423 g/mol. The smallest absolute Gasteiger partial charge is 0.344 e. The van der Waals surface area contributed by atoms with E-state index >= 15 is 0 Å². The molecule has 7 nitrogen and oxygen atoms in total. The molecule has 0 aliphatic carbocycles. The zero-order valence-electron chi connectivity index (χ0n) is 17.6. The number of rotatable bonds is 9. The third kappa shape index (κ3) is 5.72. The molecular weight excluding hydrogens is 398 g/mol. The Labute approximate surface area is 181 Å². The van der Waals surface area contributed by atoms with Gasteiger partial charge in [0.15, 0.2) is 30.5 Å². The van der Waals surface area contributed by atoms with Crippen LogP contribution in [0.25, 0.3) is 6.08 Å². The van der Waals surface area contributed by atoms with Crippen LogP contribution in [0.4, 0.5) is 5.69 Å². The molecule has 31 heavy (non-hydrogen) atoms. The number of carbonyl (C=O) groups is 3. The molecule has 0 spiro atoms. The number of allylic oxidation sites excluding steroid dienone is 1. The Kier molecular flexibility index (Phi) is 7.43. The summed E-state index contributed by atoms with van der Waals surface area (Å²) >= 11 is 0. The van der Waals surface area contributed by atoms with Crippen molar-refractivity contribution < 1.29 is 28.6 Å². The van der Waals surface area contributed by atoms with Gasteiger partial charge in [0.05, 0.1) is 7.11 Å². The van der Waals surface area contributed by atoms with Gasteiger partial charge >= 0.3 is 5.97 Å². The van der Waals surface area contributed by atoms with E-state index in [1.165, 1.54) is 7.11 Å². The molecule has 1 saturated heterocycles. The summed E-state index contributed by atoms with van der Waals surface area (Å²) in [7, 11) is 1.52. The number of hydrogen-bond acceptors (Lipinski definition) is 6. The minimum Gasteiger partial charge on any atom is -0.493 e. The predicted octanol–water partition coefficient (Wildman–Crippen LogP) is 3.66. The van der Waals surface area contributed by atoms with E-state index in [2.05, 4.69) is 0 Å². The molecule has 0 aromatic heterocycles. The van der Waals surface area contributed by atoms with Crippen LogP contribution in [-0.4, -0.2) is 44.5 Å². The summed E-state index contributed by atoms with van der Waals surface area (Å²) in [6.45, 7) is 1.80. The van der Waals surface area contributed by atoms with Gasteiger partial charge in [-0.2, -0.15) is 0 Å². The second-order valence-electron chi connectivity index (χ2n) is 6.98. The van der Waals surface area contributed by atoms with Crippen molar-refractivity contribution in [2.24, 2.45) is 0 Å². The molecule has 162 valence electrons. The summed E-state index contributed by atoms with van der Waals surface area (Å²) in [5.74, 6) is -0.0777. The second kappa shape index (κ2) is 10.4. The first-order valence-electron chi connectivity index (χ1n) is 10.0. The molecule has 0 N–H and O–H groups in total. The molecule has 2 aromatic rings. The number of methoxy groups -OCH3 is 1. The molecule has 2 aromatic carbocycles. The lowest BCUT2D eigenvalue weighted by Gasteiger charge is -2.16. The molecule has 1 amide bonds. The van der Waals surface area contributed by atoms with E-state index in [1.54, 1.807) is 41.3 Å². The molecule has 0 atom stereocenters. The number of ketones is 1. The Morgan fingerprint density at radius 3 is 2.65 bits per heavy atom. The van der Waals surface area contributed by atoms with Crippen LogP contribution in [0.15, 0.2) is 48.5 Å². The third-order valence-corrected chi connectivity index (χ3v) is 4.81. The van der Waals surface area contributed by atoms with Crippen LogP contribution in [-0.2, 0) is 14.3 Å². The SMILES string of the molecule is C/C=C/c1ccc(OCC(=O)OCC(=O)c2cccc(N3CCCC3=O)c2)c(OC)c1. The van der Waals surface area contributed by atoms with Crippen molar-refractivity contribution in [3.8, 4) is 11.5 Å². The topological polar surface area (TPSA) is 82.1 Å². The highest BCUT2D eigenvalue weighted by Crippen LogP contribution is 2.28. The molecule has 1 heterocycles. The van der Waals surface area contributed by atoms with Gasteiger partial charge in [0.2, 0.25) is 5.91 Å². The van der Waals surface area contributed by atoms with E-state index in [1.807, 2.05) is 25.1 Å². The van der Waals surface area contributed by atoms with Crippen LogP contribution in [0.5, 0.6) is 11.5 Å². The summed E-state index contributed by atoms with van der Waals surface area (Å²) in [4.78, 5) is 38.0. The van der Waals surface area contributed by atoms with Gasteiger partial charge in [0.25, 0.3) is 0 Å². The Balaban J connectivity index is 1.53. The van der Waals surface area contributed by atoms with Gasteiger partial charge in [-0.25, -0.2) is 4.79 Å². The molecule has 0 saturated carbocycles. The molecule has 1 fully saturated rings. The minimum atomic E-state index is -0.668. The number of Topliss-reactive ketones (excluding diaryl/α,β-unsaturated/α-hetero) is 1. The monoisotopic (exact) mass is 423 g/mol. The highest BCUT2D eigenvalue weighted by Gasteiger charge is 2.22. The van der Waals surface area contributed by atoms with E-state index in [0.29, 0.717) is 35.7 Å². The number of benzene rings is 2. The van der Waals surface area contributed by atoms with Crippen LogP contribution in [0.1, 0.15) is 35.7 Å². The summed E-state index contributed by atoms with van der Waals surface area (Å²) in [6, 6.07) is 12.1. The predicted molar refractivity (Wildman–Crippen MR) is 117 cm³/mol. The van der Waals surface area contributed by atoms with Gasteiger partial charge in [-0.3, -0.25) is 9.59 Å². The lowest BCUT2D eigenvalue weighted by molar-refractivity contribution is -0.144. The first-order valence-corrected chi connectivity index (χ1v) is 10.0. The van der Waals surface area contributed by atoms with E-state index in [4.69, 9.17) is 14.2 Å². The molecular formula is C24H25NO6. The van der Waals surface area contributed by atoms with Gasteiger partial charge < -0.3 is 19.1 Å². The van der Waals surface area contributed by atoms with Crippen molar-refractivity contribution in [3.05, 3.63) is 59.7 Å². The first kappa shape index (κ1) is 22.1. The van der Waals surface area contributed by atoms with E-state index < -0.39 is 12.6 Å². The van der Waals surface area contributed by atoms with Gasteiger partial charge in [-0.1, -0.05) is 30.4 Å². The second-order valence-corrected chi connectivity index (χ2v) is 6.98. The zero-order valence-corrected chi connectivity index (χ0v) is 17.6. The number of esters is 1. The fourth-order valence-electron chi connectivity index (χ4n) is 3.28. The average Bonchev–Trinajstić information content (AvgIpc) is 3.22. The highest BCUT2D eigenvalue weighted by molar-refractivity contribution is 6.01. The number of carbonyl (C=O) groups excluding carboxylic acids is 3. The zero-order chi connectivity index (χ0) is 22.2. The molecule has 0 unspecified atom stereocenters. The molecule has 3 rings (SSSR count).